The van der Waals surface area contributed by atoms with Crippen molar-refractivity contribution in [2.45, 2.75) is 12.8 Å². The zero-order valence-corrected chi connectivity index (χ0v) is 13.4. The summed E-state index contributed by atoms with van der Waals surface area (Å²) in [6.45, 7) is -0.188. The lowest BCUT2D eigenvalue weighted by molar-refractivity contribution is -0.140. The van der Waals surface area contributed by atoms with Gasteiger partial charge in [0.25, 0.3) is 5.91 Å². The van der Waals surface area contributed by atoms with E-state index in [1.807, 2.05) is 0 Å². The maximum absolute atomic E-state index is 12.9. The molecule has 6 nitrogen and oxygen atoms in total. The molecule has 0 aromatic heterocycles. The van der Waals surface area contributed by atoms with Gasteiger partial charge in [-0.15, -0.1) is 0 Å². The average molecular weight is 376 g/mol. The maximum Gasteiger partial charge on any atom is 0.339 e. The molecule has 0 atom stereocenters. The van der Waals surface area contributed by atoms with Gasteiger partial charge in [-0.1, -0.05) is 0 Å². The number of halogens is 2. The molecule has 0 spiro atoms. The first-order valence-corrected chi connectivity index (χ1v) is 7.19. The number of rotatable bonds is 7. The molecular formula is C14H15BrFNO5. The van der Waals surface area contributed by atoms with E-state index in [1.54, 1.807) is 0 Å². The van der Waals surface area contributed by atoms with Crippen LogP contribution in [0.25, 0.3) is 0 Å². The van der Waals surface area contributed by atoms with Gasteiger partial charge in [0, 0.05) is 17.4 Å². The van der Waals surface area contributed by atoms with Crippen molar-refractivity contribution in [3.63, 3.8) is 0 Å². The highest BCUT2D eigenvalue weighted by atomic mass is 79.9. The molecule has 0 saturated heterocycles. The Hall–Kier alpha value is -1.96. The Morgan fingerprint density at radius 1 is 1.32 bits per heavy atom. The zero-order valence-electron chi connectivity index (χ0n) is 11.9. The van der Waals surface area contributed by atoms with Crippen molar-refractivity contribution in [3.05, 3.63) is 34.1 Å². The number of methoxy groups -OCH3 is 1. The predicted molar refractivity (Wildman–Crippen MR) is 78.6 cm³/mol. The summed E-state index contributed by atoms with van der Waals surface area (Å²) in [4.78, 5) is 34.0. The van der Waals surface area contributed by atoms with Crippen molar-refractivity contribution in [2.75, 3.05) is 20.3 Å². The van der Waals surface area contributed by atoms with E-state index >= 15 is 0 Å². The Morgan fingerprint density at radius 2 is 2.05 bits per heavy atom. The lowest BCUT2D eigenvalue weighted by Gasteiger charge is -2.07. The molecule has 0 fully saturated rings. The van der Waals surface area contributed by atoms with Crippen molar-refractivity contribution in [2.24, 2.45) is 0 Å². The van der Waals surface area contributed by atoms with Gasteiger partial charge < -0.3 is 14.8 Å². The fourth-order valence-electron chi connectivity index (χ4n) is 1.48. The van der Waals surface area contributed by atoms with Crippen LogP contribution in [0.5, 0.6) is 0 Å². The number of carbonyl (C=O) groups is 3. The number of carbonyl (C=O) groups excluding carboxylic acids is 3. The number of amides is 1. The highest BCUT2D eigenvalue weighted by Gasteiger charge is 2.14. The maximum atomic E-state index is 12.9. The van der Waals surface area contributed by atoms with Crippen LogP contribution in [0.15, 0.2) is 22.7 Å². The van der Waals surface area contributed by atoms with Crippen LogP contribution in [0.1, 0.15) is 23.2 Å². The monoisotopic (exact) mass is 375 g/mol. The first-order valence-electron chi connectivity index (χ1n) is 6.39. The molecule has 0 unspecified atom stereocenters. The van der Waals surface area contributed by atoms with Gasteiger partial charge in [0.2, 0.25) is 0 Å². The molecule has 1 aromatic rings. The van der Waals surface area contributed by atoms with E-state index in [1.165, 1.54) is 13.2 Å². The number of hydrogen-bond acceptors (Lipinski definition) is 5. The van der Waals surface area contributed by atoms with Crippen LogP contribution in [0, 0.1) is 5.82 Å². The van der Waals surface area contributed by atoms with Gasteiger partial charge in [-0.05, 0) is 40.5 Å². The topological polar surface area (TPSA) is 81.7 Å². The smallest absolute Gasteiger partial charge is 0.339 e. The minimum Gasteiger partial charge on any atom is -0.469 e. The molecular weight excluding hydrogens is 361 g/mol. The molecule has 0 aliphatic carbocycles. The van der Waals surface area contributed by atoms with Crippen molar-refractivity contribution in [1.82, 2.24) is 5.32 Å². The molecule has 0 aliphatic rings. The lowest BCUT2D eigenvalue weighted by atomic mass is 10.2. The first-order chi connectivity index (χ1) is 10.4. The number of esters is 2. The molecule has 1 rings (SSSR count). The summed E-state index contributed by atoms with van der Waals surface area (Å²) in [5.74, 6) is -2.08. The van der Waals surface area contributed by atoms with E-state index in [0.29, 0.717) is 6.42 Å². The Labute approximate surface area is 135 Å². The normalized spacial score (nSPS) is 9.95. The highest BCUT2D eigenvalue weighted by Crippen LogP contribution is 2.18. The van der Waals surface area contributed by atoms with E-state index in [2.05, 4.69) is 26.0 Å². The molecule has 0 saturated carbocycles. The van der Waals surface area contributed by atoms with Gasteiger partial charge >= 0.3 is 11.9 Å². The second-order valence-corrected chi connectivity index (χ2v) is 5.08. The summed E-state index contributed by atoms with van der Waals surface area (Å²) >= 11 is 3.04. The fraction of sp³-hybridized carbons (Fsp3) is 0.357. The van der Waals surface area contributed by atoms with Crippen LogP contribution in [0.3, 0.4) is 0 Å². The fourth-order valence-corrected chi connectivity index (χ4v) is 1.99. The number of benzene rings is 1. The number of nitrogens with one attached hydrogen (secondary N) is 1. The second kappa shape index (κ2) is 9.14. The van der Waals surface area contributed by atoms with Gasteiger partial charge in [-0.2, -0.15) is 0 Å². The molecule has 0 heterocycles. The summed E-state index contributed by atoms with van der Waals surface area (Å²) < 4.78 is 22.4. The van der Waals surface area contributed by atoms with Gasteiger partial charge in [-0.3, -0.25) is 9.59 Å². The van der Waals surface area contributed by atoms with Gasteiger partial charge in [0.1, 0.15) is 5.82 Å². The van der Waals surface area contributed by atoms with Gasteiger partial charge in [0.05, 0.1) is 12.7 Å². The van der Waals surface area contributed by atoms with Crippen molar-refractivity contribution < 1.29 is 28.2 Å². The average Bonchev–Trinajstić information content (AvgIpc) is 2.48. The minimum absolute atomic E-state index is 0.125. The minimum atomic E-state index is -0.739. The van der Waals surface area contributed by atoms with Crippen LogP contribution < -0.4 is 5.32 Å². The summed E-state index contributed by atoms with van der Waals surface area (Å²) in [6.07, 6.45) is 0.620. The summed E-state index contributed by atoms with van der Waals surface area (Å²) in [5, 5.41) is 2.50. The summed E-state index contributed by atoms with van der Waals surface area (Å²) in [6, 6.07) is 3.51. The molecule has 0 bridgehead atoms. The lowest BCUT2D eigenvalue weighted by Crippen LogP contribution is -2.30. The van der Waals surface area contributed by atoms with Crippen molar-refractivity contribution >= 4 is 33.8 Å². The van der Waals surface area contributed by atoms with E-state index in [0.717, 1.165) is 12.1 Å². The number of hydrogen-bond donors (Lipinski definition) is 1. The first kappa shape index (κ1) is 18.1. The number of ether oxygens (including phenoxy) is 2. The summed E-state index contributed by atoms with van der Waals surface area (Å²) in [5.41, 5.74) is 0.125. The Balaban J connectivity index is 2.31. The standard InChI is InChI=1S/C14H15BrFNO5/c1-21-13(19)3-2-6-17-12(18)8-22-14(20)10-5-4-9(16)7-11(10)15/h4-5,7H,2-3,6,8H2,1H3,(H,17,18). The molecule has 120 valence electrons. The van der Waals surface area contributed by atoms with Crippen LogP contribution in [0.4, 0.5) is 4.39 Å². The molecule has 1 N–H and O–H groups in total. The van der Waals surface area contributed by atoms with Crippen LogP contribution >= 0.6 is 15.9 Å². The highest BCUT2D eigenvalue weighted by molar-refractivity contribution is 9.10. The van der Waals surface area contributed by atoms with Gasteiger partial charge in [0.15, 0.2) is 6.61 Å². The molecule has 1 aromatic carbocycles. The third-order valence-corrected chi connectivity index (χ3v) is 3.25. The zero-order chi connectivity index (χ0) is 16.5. The SMILES string of the molecule is COC(=O)CCCNC(=O)COC(=O)c1ccc(F)cc1Br. The predicted octanol–water partition coefficient (Wildman–Crippen LogP) is 1.81. The Morgan fingerprint density at radius 3 is 2.68 bits per heavy atom. The molecule has 0 radical (unpaired) electrons. The van der Waals surface area contributed by atoms with E-state index < -0.39 is 24.3 Å². The molecule has 1 amide bonds. The second-order valence-electron chi connectivity index (χ2n) is 4.23. The third-order valence-electron chi connectivity index (χ3n) is 2.59. The van der Waals surface area contributed by atoms with E-state index in [4.69, 9.17) is 4.74 Å². The Bertz CT molecular complexity index is 564. The summed E-state index contributed by atoms with van der Waals surface area (Å²) in [7, 11) is 1.29. The van der Waals surface area contributed by atoms with Gasteiger partial charge in [-0.25, -0.2) is 9.18 Å². The van der Waals surface area contributed by atoms with Crippen LogP contribution in [-0.2, 0) is 19.1 Å². The van der Waals surface area contributed by atoms with Crippen LogP contribution in [-0.4, -0.2) is 38.1 Å². The third kappa shape index (κ3) is 6.21. The van der Waals surface area contributed by atoms with Crippen LogP contribution in [0.2, 0.25) is 0 Å². The largest absolute Gasteiger partial charge is 0.469 e. The van der Waals surface area contributed by atoms with Crippen molar-refractivity contribution in [3.8, 4) is 0 Å². The quantitative estimate of drug-likeness (QED) is 0.580. The molecule has 22 heavy (non-hydrogen) atoms. The van der Waals surface area contributed by atoms with Crippen molar-refractivity contribution in [1.29, 1.82) is 0 Å². The molecule has 8 heteroatoms. The Kier molecular flexibility index (Phi) is 7.51. The van der Waals surface area contributed by atoms with E-state index in [-0.39, 0.29) is 29.0 Å². The molecule has 0 aliphatic heterocycles. The van der Waals surface area contributed by atoms with E-state index in [9.17, 15) is 18.8 Å².